The number of hydrogen-bond acceptors (Lipinski definition) is 8. The number of rotatable bonds is 3. The van der Waals surface area contributed by atoms with Crippen LogP contribution in [0.1, 0.15) is 26.2 Å². The maximum absolute atomic E-state index is 14.4. The van der Waals surface area contributed by atoms with Gasteiger partial charge in [0.2, 0.25) is 5.95 Å². The molecule has 1 aliphatic carbocycles. The van der Waals surface area contributed by atoms with Crippen molar-refractivity contribution in [1.82, 2.24) is 14.5 Å². The number of halogens is 3. The molecule has 2 aromatic heterocycles. The average Bonchev–Trinajstić information content (AvgIpc) is 2.91. The van der Waals surface area contributed by atoms with Gasteiger partial charge in [0.1, 0.15) is 16.5 Å². The van der Waals surface area contributed by atoms with Gasteiger partial charge in [0.15, 0.2) is 0 Å². The van der Waals surface area contributed by atoms with E-state index in [1.807, 2.05) is 4.90 Å². The minimum Gasteiger partial charge on any atom is -0.382 e. The van der Waals surface area contributed by atoms with Crippen LogP contribution < -0.4 is 27.7 Å². The summed E-state index contributed by atoms with van der Waals surface area (Å²) in [4.78, 5) is 24.1. The first kappa shape index (κ1) is 23.1. The summed E-state index contributed by atoms with van der Waals surface area (Å²) < 4.78 is 30.2. The third kappa shape index (κ3) is 3.60. The average molecular weight is 486 g/mol. The van der Waals surface area contributed by atoms with Crippen LogP contribution in [0.5, 0.6) is 0 Å². The highest BCUT2D eigenvalue weighted by atomic mass is 35.5. The zero-order chi connectivity index (χ0) is 23.4. The second-order valence-electron chi connectivity index (χ2n) is 8.71. The van der Waals surface area contributed by atoms with Gasteiger partial charge in [0, 0.05) is 37.1 Å². The molecule has 6 N–H and O–H groups in total. The number of nitrogens with zero attached hydrogens (tertiary/aromatic N) is 4. The van der Waals surface area contributed by atoms with Crippen molar-refractivity contribution in [1.29, 1.82) is 0 Å². The fourth-order valence-electron chi connectivity index (χ4n) is 4.85. The predicted molar refractivity (Wildman–Crippen MR) is 122 cm³/mol. The van der Waals surface area contributed by atoms with Gasteiger partial charge in [-0.1, -0.05) is 30.3 Å². The third-order valence-corrected chi connectivity index (χ3v) is 8.49. The summed E-state index contributed by atoms with van der Waals surface area (Å²) in [5.74, 6) is -2.99. The molecule has 1 saturated carbocycles. The van der Waals surface area contributed by atoms with E-state index in [1.54, 1.807) is 20.0 Å². The van der Waals surface area contributed by atoms with Gasteiger partial charge >= 0.3 is 0 Å². The van der Waals surface area contributed by atoms with E-state index >= 15 is 0 Å². The fourth-order valence-corrected chi connectivity index (χ4v) is 5.99. The van der Waals surface area contributed by atoms with Gasteiger partial charge < -0.3 is 22.1 Å². The molecule has 32 heavy (non-hydrogen) atoms. The van der Waals surface area contributed by atoms with Gasteiger partial charge in [-0.05, 0) is 30.7 Å². The summed E-state index contributed by atoms with van der Waals surface area (Å²) >= 11 is 7.27. The number of nitrogen functional groups attached to an aromatic ring is 2. The number of hydrogen-bond donors (Lipinski definition) is 3. The third-order valence-electron chi connectivity index (χ3n) is 6.83. The number of piperidine rings is 1. The standard InChI is InChI=1S/C20H26ClF2N7OS/c1-10-9-19(17(26)20(10,22)23)4-7-30(8-5-19)18-28-15(25)13(16(31)29(18)2)32-11-3-6-27-14(24)12(11)21/h3,6,10,17H,4-5,7-9,25-26H2,1-2H3,(H2,24,27)/t10-,17+/m1/s1. The second kappa shape index (κ2) is 8.03. The molecule has 1 aliphatic heterocycles. The number of anilines is 3. The van der Waals surface area contributed by atoms with E-state index < -0.39 is 23.3 Å². The Kier molecular flexibility index (Phi) is 5.79. The lowest BCUT2D eigenvalue weighted by Crippen LogP contribution is -2.53. The van der Waals surface area contributed by atoms with Crippen molar-refractivity contribution in [3.05, 3.63) is 27.6 Å². The maximum Gasteiger partial charge on any atom is 0.270 e. The summed E-state index contributed by atoms with van der Waals surface area (Å²) in [7, 11) is 1.61. The largest absolute Gasteiger partial charge is 0.382 e. The van der Waals surface area contributed by atoms with Crippen LogP contribution in [0.2, 0.25) is 5.02 Å². The summed E-state index contributed by atoms with van der Waals surface area (Å²) in [5, 5.41) is 0.239. The highest BCUT2D eigenvalue weighted by Crippen LogP contribution is 2.55. The van der Waals surface area contributed by atoms with Crippen LogP contribution >= 0.6 is 23.4 Å². The Morgan fingerprint density at radius 1 is 1.25 bits per heavy atom. The Morgan fingerprint density at radius 2 is 1.91 bits per heavy atom. The summed E-state index contributed by atoms with van der Waals surface area (Å²) in [6.07, 6.45) is 2.90. The minimum atomic E-state index is -2.87. The molecule has 0 unspecified atom stereocenters. The van der Waals surface area contributed by atoms with E-state index in [-0.39, 0.29) is 27.1 Å². The Hall–Kier alpha value is -2.11. The fraction of sp³-hybridized carbons (Fsp3) is 0.550. The number of aromatic nitrogens is 3. The van der Waals surface area contributed by atoms with Crippen molar-refractivity contribution in [2.75, 3.05) is 29.5 Å². The molecule has 2 fully saturated rings. The Labute approximate surface area is 193 Å². The van der Waals surface area contributed by atoms with E-state index in [4.69, 9.17) is 28.8 Å². The Bertz CT molecular complexity index is 1100. The van der Waals surface area contributed by atoms with E-state index in [2.05, 4.69) is 9.97 Å². The van der Waals surface area contributed by atoms with Crippen molar-refractivity contribution in [2.24, 2.45) is 24.1 Å². The van der Waals surface area contributed by atoms with Gasteiger partial charge in [-0.2, -0.15) is 4.98 Å². The molecule has 8 nitrogen and oxygen atoms in total. The van der Waals surface area contributed by atoms with Gasteiger partial charge in [0.25, 0.3) is 11.5 Å². The molecule has 2 atom stereocenters. The van der Waals surface area contributed by atoms with Gasteiger partial charge in [-0.25, -0.2) is 13.8 Å². The Morgan fingerprint density at radius 3 is 2.50 bits per heavy atom. The van der Waals surface area contributed by atoms with Gasteiger partial charge in [-0.15, -0.1) is 0 Å². The topological polar surface area (TPSA) is 129 Å². The highest BCUT2D eigenvalue weighted by Gasteiger charge is 2.61. The zero-order valence-corrected chi connectivity index (χ0v) is 19.4. The molecule has 2 aromatic rings. The quantitative estimate of drug-likeness (QED) is 0.605. The molecule has 0 aromatic carbocycles. The second-order valence-corrected chi connectivity index (χ2v) is 10.1. The van der Waals surface area contributed by atoms with Crippen molar-refractivity contribution in [2.45, 2.75) is 47.9 Å². The first-order chi connectivity index (χ1) is 15.0. The van der Waals surface area contributed by atoms with E-state index in [0.29, 0.717) is 43.2 Å². The van der Waals surface area contributed by atoms with E-state index in [0.717, 1.165) is 11.8 Å². The molecule has 1 spiro atoms. The van der Waals surface area contributed by atoms with Crippen molar-refractivity contribution >= 4 is 40.9 Å². The smallest absolute Gasteiger partial charge is 0.270 e. The molecular weight excluding hydrogens is 460 g/mol. The lowest BCUT2D eigenvalue weighted by atomic mass is 9.74. The molecule has 12 heteroatoms. The number of nitrogens with two attached hydrogens (primary N) is 3. The highest BCUT2D eigenvalue weighted by molar-refractivity contribution is 7.99. The van der Waals surface area contributed by atoms with Crippen LogP contribution in [0.25, 0.3) is 0 Å². The monoisotopic (exact) mass is 485 g/mol. The normalized spacial score (nSPS) is 24.2. The van der Waals surface area contributed by atoms with Crippen LogP contribution in [0.15, 0.2) is 26.8 Å². The van der Waals surface area contributed by atoms with Crippen LogP contribution in [-0.2, 0) is 7.05 Å². The lowest BCUT2D eigenvalue weighted by molar-refractivity contribution is -0.0556. The molecule has 1 saturated heterocycles. The molecule has 0 radical (unpaired) electrons. The molecule has 3 heterocycles. The summed E-state index contributed by atoms with van der Waals surface area (Å²) in [5.41, 5.74) is 17.0. The SMILES string of the molecule is C[C@@H]1CC2(CCN(c3nc(N)c(Sc4ccnc(N)c4Cl)c(=O)n3C)CC2)[C@H](N)C1(F)F. The molecule has 0 amide bonds. The van der Waals surface area contributed by atoms with Gasteiger partial charge in [-0.3, -0.25) is 9.36 Å². The molecule has 2 aliphatic rings. The van der Waals surface area contributed by atoms with Crippen LogP contribution in [0, 0.1) is 11.3 Å². The Balaban J connectivity index is 1.58. The molecular formula is C20H26ClF2N7OS. The van der Waals surface area contributed by atoms with Crippen molar-refractivity contribution in [3.8, 4) is 0 Å². The van der Waals surface area contributed by atoms with E-state index in [9.17, 15) is 13.6 Å². The first-order valence-corrected chi connectivity index (χ1v) is 11.5. The zero-order valence-electron chi connectivity index (χ0n) is 17.8. The first-order valence-electron chi connectivity index (χ1n) is 10.3. The minimum absolute atomic E-state index is 0.0672. The number of pyridine rings is 1. The molecule has 0 bridgehead atoms. The summed E-state index contributed by atoms with van der Waals surface area (Å²) in [6.45, 7) is 2.50. The molecule has 4 rings (SSSR count). The van der Waals surface area contributed by atoms with Crippen LogP contribution in [-0.4, -0.2) is 39.6 Å². The van der Waals surface area contributed by atoms with Crippen molar-refractivity contribution < 1.29 is 8.78 Å². The maximum atomic E-state index is 14.4. The lowest BCUT2D eigenvalue weighted by Gasteiger charge is -2.43. The summed E-state index contributed by atoms with van der Waals surface area (Å²) in [6, 6.07) is 0.479. The molecule has 174 valence electrons. The van der Waals surface area contributed by atoms with E-state index in [1.165, 1.54) is 10.8 Å². The van der Waals surface area contributed by atoms with Crippen molar-refractivity contribution in [3.63, 3.8) is 0 Å². The van der Waals surface area contributed by atoms with Crippen LogP contribution in [0.3, 0.4) is 0 Å². The van der Waals surface area contributed by atoms with Gasteiger partial charge in [0.05, 0.1) is 11.1 Å². The predicted octanol–water partition coefficient (Wildman–Crippen LogP) is 2.73. The van der Waals surface area contributed by atoms with Crippen LogP contribution in [0.4, 0.5) is 26.4 Å². The number of alkyl halides is 2.